The quantitative estimate of drug-likeness (QED) is 0.938. The molecule has 0 spiro atoms. The maximum Gasteiger partial charge on any atom is 0.241 e. The minimum absolute atomic E-state index is 0.269. The lowest BCUT2D eigenvalue weighted by Crippen LogP contribution is -2.32. The van der Waals surface area contributed by atoms with E-state index in [1.165, 1.54) is 0 Å². The van der Waals surface area contributed by atoms with Gasteiger partial charge in [-0.05, 0) is 29.8 Å². The van der Waals surface area contributed by atoms with Crippen molar-refractivity contribution in [2.75, 3.05) is 13.2 Å². The van der Waals surface area contributed by atoms with Crippen molar-refractivity contribution in [3.8, 4) is 11.5 Å². The normalized spacial score (nSPS) is 19.4. The van der Waals surface area contributed by atoms with Gasteiger partial charge in [-0.1, -0.05) is 18.2 Å². The summed E-state index contributed by atoms with van der Waals surface area (Å²) in [6, 6.07) is 12.3. The first-order valence-corrected chi connectivity index (χ1v) is 9.11. The fraction of sp³-hybridized carbons (Fsp3) is 0.294. The Bertz CT molecular complexity index is 847. The molecular weight excluding hydrogens is 314 g/mol. The Hall–Kier alpha value is -2.05. The SMILES string of the molecule is O=S(=O)(N[C@@H]1CCOc2ccccc21)c1ccc2c(c1)CCO2. The first kappa shape index (κ1) is 14.5. The highest BCUT2D eigenvalue weighted by atomic mass is 32.2. The monoisotopic (exact) mass is 331 g/mol. The van der Waals surface area contributed by atoms with E-state index < -0.39 is 10.0 Å². The molecule has 4 rings (SSSR count). The number of hydrogen-bond donors (Lipinski definition) is 1. The van der Waals surface area contributed by atoms with E-state index in [9.17, 15) is 8.42 Å². The number of benzene rings is 2. The minimum atomic E-state index is -3.59. The number of nitrogens with one attached hydrogen (secondary N) is 1. The molecule has 2 aromatic rings. The van der Waals surface area contributed by atoms with Crippen LogP contribution in [-0.4, -0.2) is 21.6 Å². The summed E-state index contributed by atoms with van der Waals surface area (Å²) < 4.78 is 39.3. The Balaban J connectivity index is 1.63. The van der Waals surface area contributed by atoms with E-state index in [-0.39, 0.29) is 10.9 Å². The van der Waals surface area contributed by atoms with Crippen LogP contribution in [0, 0.1) is 0 Å². The van der Waals surface area contributed by atoms with Crippen LogP contribution in [0.3, 0.4) is 0 Å². The molecule has 0 aliphatic carbocycles. The molecule has 0 amide bonds. The van der Waals surface area contributed by atoms with E-state index in [0.29, 0.717) is 19.6 Å². The van der Waals surface area contributed by atoms with E-state index in [4.69, 9.17) is 9.47 Å². The molecule has 2 aromatic carbocycles. The molecule has 5 nitrogen and oxygen atoms in total. The summed E-state index contributed by atoms with van der Waals surface area (Å²) in [5.41, 5.74) is 1.83. The molecule has 2 aliphatic rings. The summed E-state index contributed by atoms with van der Waals surface area (Å²) in [5, 5.41) is 0. The lowest BCUT2D eigenvalue weighted by molar-refractivity contribution is 0.263. The highest BCUT2D eigenvalue weighted by molar-refractivity contribution is 7.89. The predicted octanol–water partition coefficient (Wildman–Crippen LogP) is 2.42. The Morgan fingerprint density at radius 2 is 1.83 bits per heavy atom. The summed E-state index contributed by atoms with van der Waals surface area (Å²) >= 11 is 0. The fourth-order valence-corrected chi connectivity index (χ4v) is 4.35. The largest absolute Gasteiger partial charge is 0.493 e. The third-order valence-corrected chi connectivity index (χ3v) is 5.70. The second-order valence-corrected chi connectivity index (χ2v) is 7.43. The van der Waals surface area contributed by atoms with Crippen molar-refractivity contribution in [2.24, 2.45) is 0 Å². The summed E-state index contributed by atoms with van der Waals surface area (Å²) in [6.07, 6.45) is 1.36. The van der Waals surface area contributed by atoms with Crippen molar-refractivity contribution < 1.29 is 17.9 Å². The maximum atomic E-state index is 12.7. The molecule has 0 aromatic heterocycles. The van der Waals surface area contributed by atoms with Crippen LogP contribution >= 0.6 is 0 Å². The third-order valence-electron chi connectivity index (χ3n) is 4.23. The van der Waals surface area contributed by atoms with Gasteiger partial charge in [0.1, 0.15) is 11.5 Å². The van der Waals surface area contributed by atoms with Gasteiger partial charge in [0.05, 0.1) is 24.2 Å². The predicted molar refractivity (Wildman–Crippen MR) is 85.3 cm³/mol. The Morgan fingerprint density at radius 1 is 1.00 bits per heavy atom. The van der Waals surface area contributed by atoms with E-state index in [2.05, 4.69) is 4.72 Å². The zero-order chi connectivity index (χ0) is 15.9. The van der Waals surface area contributed by atoms with Crippen molar-refractivity contribution in [3.05, 3.63) is 53.6 Å². The summed E-state index contributed by atoms with van der Waals surface area (Å²) in [6.45, 7) is 1.11. The Kier molecular flexibility index (Phi) is 3.50. The zero-order valence-electron chi connectivity index (χ0n) is 12.5. The van der Waals surface area contributed by atoms with Crippen LogP contribution in [0.4, 0.5) is 0 Å². The molecule has 0 fully saturated rings. The highest BCUT2D eigenvalue weighted by Gasteiger charge is 2.27. The number of ether oxygens (including phenoxy) is 2. The van der Waals surface area contributed by atoms with Crippen LogP contribution in [0.2, 0.25) is 0 Å². The molecule has 0 saturated carbocycles. The minimum Gasteiger partial charge on any atom is -0.493 e. The van der Waals surface area contributed by atoms with Crippen molar-refractivity contribution in [3.63, 3.8) is 0 Å². The molecule has 0 bridgehead atoms. The van der Waals surface area contributed by atoms with Crippen molar-refractivity contribution in [1.82, 2.24) is 4.72 Å². The van der Waals surface area contributed by atoms with E-state index >= 15 is 0 Å². The summed E-state index contributed by atoms with van der Waals surface area (Å²) in [7, 11) is -3.59. The van der Waals surface area contributed by atoms with Gasteiger partial charge in [-0.2, -0.15) is 0 Å². The van der Waals surface area contributed by atoms with Crippen LogP contribution in [0.1, 0.15) is 23.6 Å². The molecule has 1 atom stereocenters. The Morgan fingerprint density at radius 3 is 2.74 bits per heavy atom. The molecule has 2 aliphatic heterocycles. The molecule has 2 heterocycles. The third kappa shape index (κ3) is 2.68. The van der Waals surface area contributed by atoms with Crippen molar-refractivity contribution in [1.29, 1.82) is 0 Å². The number of rotatable bonds is 3. The molecule has 0 unspecified atom stereocenters. The Labute approximate surface area is 135 Å². The average molecular weight is 331 g/mol. The van der Waals surface area contributed by atoms with Gasteiger partial charge in [-0.25, -0.2) is 13.1 Å². The summed E-state index contributed by atoms with van der Waals surface area (Å²) in [4.78, 5) is 0.283. The number of fused-ring (bicyclic) bond motifs is 2. The number of para-hydroxylation sites is 1. The second-order valence-electron chi connectivity index (χ2n) is 5.72. The van der Waals surface area contributed by atoms with Crippen LogP contribution in [-0.2, 0) is 16.4 Å². The van der Waals surface area contributed by atoms with Gasteiger partial charge in [0.15, 0.2) is 0 Å². The van der Waals surface area contributed by atoms with Gasteiger partial charge in [-0.3, -0.25) is 0 Å². The van der Waals surface area contributed by atoms with E-state index in [1.54, 1.807) is 18.2 Å². The topological polar surface area (TPSA) is 64.6 Å². The van der Waals surface area contributed by atoms with Crippen LogP contribution < -0.4 is 14.2 Å². The second kappa shape index (κ2) is 5.54. The first-order valence-electron chi connectivity index (χ1n) is 7.63. The molecular formula is C17H17NO4S. The maximum absolute atomic E-state index is 12.7. The van der Waals surface area contributed by atoms with Crippen molar-refractivity contribution >= 4 is 10.0 Å². The van der Waals surface area contributed by atoms with Crippen LogP contribution in [0.25, 0.3) is 0 Å². The highest BCUT2D eigenvalue weighted by Crippen LogP contribution is 2.33. The molecule has 23 heavy (non-hydrogen) atoms. The zero-order valence-corrected chi connectivity index (χ0v) is 13.3. The van der Waals surface area contributed by atoms with Crippen molar-refractivity contribution in [2.45, 2.75) is 23.8 Å². The molecule has 0 radical (unpaired) electrons. The van der Waals surface area contributed by atoms with Gasteiger partial charge in [0, 0.05) is 18.4 Å². The van der Waals surface area contributed by atoms with Gasteiger partial charge < -0.3 is 9.47 Å². The lowest BCUT2D eigenvalue weighted by atomic mass is 10.0. The first-order chi connectivity index (χ1) is 11.1. The van der Waals surface area contributed by atoms with Gasteiger partial charge in [0.25, 0.3) is 0 Å². The van der Waals surface area contributed by atoms with Gasteiger partial charge in [-0.15, -0.1) is 0 Å². The van der Waals surface area contributed by atoms with E-state index in [1.807, 2.05) is 24.3 Å². The number of hydrogen-bond acceptors (Lipinski definition) is 4. The fourth-order valence-electron chi connectivity index (χ4n) is 3.05. The molecule has 1 N–H and O–H groups in total. The standard InChI is InChI=1S/C17H17NO4S/c19-23(20,13-5-6-16-12(11-13)7-9-21-16)18-15-8-10-22-17-4-2-1-3-14(15)17/h1-6,11,15,18H,7-10H2/t15-/m1/s1. The summed E-state index contributed by atoms with van der Waals surface area (Å²) in [5.74, 6) is 1.52. The van der Waals surface area contributed by atoms with E-state index in [0.717, 1.165) is 29.0 Å². The average Bonchev–Trinajstić information content (AvgIpc) is 3.02. The van der Waals surface area contributed by atoms with Gasteiger partial charge >= 0.3 is 0 Å². The van der Waals surface area contributed by atoms with Gasteiger partial charge in [0.2, 0.25) is 10.0 Å². The molecule has 6 heteroatoms. The smallest absolute Gasteiger partial charge is 0.241 e. The van der Waals surface area contributed by atoms with Crippen LogP contribution in [0.15, 0.2) is 47.4 Å². The van der Waals surface area contributed by atoms with Crippen LogP contribution in [0.5, 0.6) is 11.5 Å². The molecule has 120 valence electrons. The molecule has 0 saturated heterocycles. The lowest BCUT2D eigenvalue weighted by Gasteiger charge is -2.26. The number of sulfonamides is 1.